The maximum Gasteiger partial charge on any atom is 0.118 e. The van der Waals surface area contributed by atoms with Crippen molar-refractivity contribution >= 4 is 15.9 Å². The van der Waals surface area contributed by atoms with Gasteiger partial charge in [-0.1, -0.05) is 40.2 Å². The van der Waals surface area contributed by atoms with Gasteiger partial charge in [0.15, 0.2) is 0 Å². The number of hydrogen-bond donors (Lipinski definition) is 1. The zero-order chi connectivity index (χ0) is 12.3. The Labute approximate surface area is 110 Å². The molecule has 0 saturated carbocycles. The number of ether oxygens (including phenoxy) is 1. The van der Waals surface area contributed by atoms with Gasteiger partial charge in [-0.2, -0.15) is 0 Å². The Morgan fingerprint density at radius 2 is 1.41 bits per heavy atom. The second kappa shape index (κ2) is 5.34. The molecule has 0 radical (unpaired) electrons. The summed E-state index contributed by atoms with van der Waals surface area (Å²) in [6, 6.07) is 15.8. The van der Waals surface area contributed by atoms with Crippen LogP contribution in [0, 0.1) is 0 Å². The van der Waals surface area contributed by atoms with Gasteiger partial charge in [-0.15, -0.1) is 0 Å². The van der Waals surface area contributed by atoms with Gasteiger partial charge in [-0.05, 0) is 35.4 Å². The summed E-state index contributed by atoms with van der Waals surface area (Å²) < 4.78 is 6.18. The zero-order valence-electron chi connectivity index (χ0n) is 9.56. The van der Waals surface area contributed by atoms with Crippen LogP contribution >= 0.6 is 15.9 Å². The second-order valence-electron chi connectivity index (χ2n) is 3.80. The molecule has 2 nitrogen and oxygen atoms in total. The maximum absolute atomic E-state index is 6.20. The lowest BCUT2D eigenvalue weighted by atomic mass is 10.00. The molecule has 0 saturated heterocycles. The van der Waals surface area contributed by atoms with Crippen LogP contribution in [0.4, 0.5) is 0 Å². The summed E-state index contributed by atoms with van der Waals surface area (Å²) in [5.74, 6) is 0.844. The van der Waals surface area contributed by atoms with Crippen molar-refractivity contribution < 1.29 is 4.74 Å². The third kappa shape index (κ3) is 2.87. The SMILES string of the molecule is COc1ccc([C@@H](N)c2ccc(Br)cc2)cc1. The molecule has 0 spiro atoms. The van der Waals surface area contributed by atoms with Gasteiger partial charge in [0, 0.05) is 4.47 Å². The van der Waals surface area contributed by atoms with Crippen molar-refractivity contribution in [3.63, 3.8) is 0 Å². The Bertz CT molecular complexity index is 479. The summed E-state index contributed by atoms with van der Waals surface area (Å²) in [4.78, 5) is 0. The molecule has 0 aliphatic carbocycles. The monoisotopic (exact) mass is 291 g/mol. The normalized spacial score (nSPS) is 12.2. The molecule has 2 aromatic rings. The predicted molar refractivity (Wildman–Crippen MR) is 73.2 cm³/mol. The Balaban J connectivity index is 2.23. The first-order valence-corrected chi connectivity index (χ1v) is 6.15. The standard InChI is InChI=1S/C14H14BrNO/c1-17-13-8-4-11(5-9-13)14(16)10-2-6-12(15)7-3-10/h2-9,14H,16H2,1H3/t14-/m0/s1. The Morgan fingerprint density at radius 3 is 1.88 bits per heavy atom. The molecular weight excluding hydrogens is 278 g/mol. The van der Waals surface area contributed by atoms with Gasteiger partial charge in [-0.25, -0.2) is 0 Å². The molecule has 0 bridgehead atoms. The van der Waals surface area contributed by atoms with Crippen molar-refractivity contribution in [2.75, 3.05) is 7.11 Å². The van der Waals surface area contributed by atoms with E-state index in [2.05, 4.69) is 15.9 Å². The molecule has 2 N–H and O–H groups in total. The van der Waals surface area contributed by atoms with Crippen molar-refractivity contribution in [3.8, 4) is 5.75 Å². The van der Waals surface area contributed by atoms with Crippen LogP contribution in [-0.2, 0) is 0 Å². The van der Waals surface area contributed by atoms with E-state index in [1.807, 2.05) is 48.5 Å². The van der Waals surface area contributed by atoms with E-state index < -0.39 is 0 Å². The molecule has 0 aliphatic heterocycles. The van der Waals surface area contributed by atoms with E-state index in [0.29, 0.717) is 0 Å². The number of methoxy groups -OCH3 is 1. The third-order valence-corrected chi connectivity index (χ3v) is 3.23. The maximum atomic E-state index is 6.20. The van der Waals surface area contributed by atoms with E-state index in [-0.39, 0.29) is 6.04 Å². The van der Waals surface area contributed by atoms with Gasteiger partial charge in [-0.3, -0.25) is 0 Å². The average molecular weight is 292 g/mol. The minimum atomic E-state index is -0.103. The van der Waals surface area contributed by atoms with Crippen LogP contribution in [0.3, 0.4) is 0 Å². The van der Waals surface area contributed by atoms with Gasteiger partial charge in [0.05, 0.1) is 13.2 Å². The van der Waals surface area contributed by atoms with Crippen LogP contribution < -0.4 is 10.5 Å². The third-order valence-electron chi connectivity index (χ3n) is 2.70. The van der Waals surface area contributed by atoms with E-state index >= 15 is 0 Å². The molecule has 0 aromatic heterocycles. The fraction of sp³-hybridized carbons (Fsp3) is 0.143. The largest absolute Gasteiger partial charge is 0.497 e. The molecular formula is C14H14BrNO. The van der Waals surface area contributed by atoms with Crippen LogP contribution in [0.5, 0.6) is 5.75 Å². The van der Waals surface area contributed by atoms with E-state index in [0.717, 1.165) is 21.3 Å². The van der Waals surface area contributed by atoms with E-state index in [1.165, 1.54) is 0 Å². The molecule has 2 rings (SSSR count). The molecule has 0 heterocycles. The highest BCUT2D eigenvalue weighted by Crippen LogP contribution is 2.23. The molecule has 3 heteroatoms. The van der Waals surface area contributed by atoms with Gasteiger partial charge in [0.1, 0.15) is 5.75 Å². The van der Waals surface area contributed by atoms with Gasteiger partial charge in [0.2, 0.25) is 0 Å². The van der Waals surface area contributed by atoms with E-state index in [9.17, 15) is 0 Å². The van der Waals surface area contributed by atoms with Gasteiger partial charge in [0.25, 0.3) is 0 Å². The minimum Gasteiger partial charge on any atom is -0.497 e. The first-order chi connectivity index (χ1) is 8.20. The highest BCUT2D eigenvalue weighted by Gasteiger charge is 2.08. The lowest BCUT2D eigenvalue weighted by Crippen LogP contribution is -2.11. The summed E-state index contributed by atoms with van der Waals surface area (Å²) in [5.41, 5.74) is 8.37. The first kappa shape index (κ1) is 12.1. The number of nitrogens with two attached hydrogens (primary N) is 1. The fourth-order valence-electron chi connectivity index (χ4n) is 1.67. The fourth-order valence-corrected chi connectivity index (χ4v) is 1.94. The first-order valence-electron chi connectivity index (χ1n) is 5.35. The summed E-state index contributed by atoms with van der Waals surface area (Å²) in [6.45, 7) is 0. The highest BCUT2D eigenvalue weighted by atomic mass is 79.9. The number of halogens is 1. The van der Waals surface area contributed by atoms with Crippen LogP contribution in [-0.4, -0.2) is 7.11 Å². The molecule has 0 amide bonds. The summed E-state index contributed by atoms with van der Waals surface area (Å²) in [7, 11) is 1.66. The summed E-state index contributed by atoms with van der Waals surface area (Å²) in [5, 5.41) is 0. The smallest absolute Gasteiger partial charge is 0.118 e. The van der Waals surface area contributed by atoms with Crippen LogP contribution in [0.1, 0.15) is 17.2 Å². The average Bonchev–Trinajstić information content (AvgIpc) is 2.39. The zero-order valence-corrected chi connectivity index (χ0v) is 11.1. The van der Waals surface area contributed by atoms with Crippen molar-refractivity contribution in [2.24, 2.45) is 5.73 Å². The van der Waals surface area contributed by atoms with Gasteiger partial charge < -0.3 is 10.5 Å². The molecule has 0 fully saturated rings. The quantitative estimate of drug-likeness (QED) is 0.939. The molecule has 88 valence electrons. The van der Waals surface area contributed by atoms with E-state index in [1.54, 1.807) is 7.11 Å². The Hall–Kier alpha value is -1.32. The number of hydrogen-bond acceptors (Lipinski definition) is 2. The number of rotatable bonds is 3. The summed E-state index contributed by atoms with van der Waals surface area (Å²) in [6.07, 6.45) is 0. The highest BCUT2D eigenvalue weighted by molar-refractivity contribution is 9.10. The summed E-state index contributed by atoms with van der Waals surface area (Å²) >= 11 is 3.41. The van der Waals surface area contributed by atoms with Crippen molar-refractivity contribution in [3.05, 3.63) is 64.1 Å². The minimum absolute atomic E-state index is 0.103. The van der Waals surface area contributed by atoms with Crippen LogP contribution in [0.25, 0.3) is 0 Å². The van der Waals surface area contributed by atoms with E-state index in [4.69, 9.17) is 10.5 Å². The molecule has 1 atom stereocenters. The molecule has 0 aliphatic rings. The second-order valence-corrected chi connectivity index (χ2v) is 4.72. The Kier molecular flexibility index (Phi) is 3.82. The van der Waals surface area contributed by atoms with Crippen molar-refractivity contribution in [1.29, 1.82) is 0 Å². The number of benzene rings is 2. The van der Waals surface area contributed by atoms with Crippen LogP contribution in [0.15, 0.2) is 53.0 Å². The molecule has 0 unspecified atom stereocenters. The van der Waals surface area contributed by atoms with Gasteiger partial charge >= 0.3 is 0 Å². The lowest BCUT2D eigenvalue weighted by Gasteiger charge is -2.13. The van der Waals surface area contributed by atoms with Crippen molar-refractivity contribution in [1.82, 2.24) is 0 Å². The Morgan fingerprint density at radius 1 is 0.941 bits per heavy atom. The lowest BCUT2D eigenvalue weighted by molar-refractivity contribution is 0.414. The van der Waals surface area contributed by atoms with Crippen molar-refractivity contribution in [2.45, 2.75) is 6.04 Å². The topological polar surface area (TPSA) is 35.2 Å². The molecule has 2 aromatic carbocycles. The van der Waals surface area contributed by atoms with Crippen LogP contribution in [0.2, 0.25) is 0 Å². The molecule has 17 heavy (non-hydrogen) atoms. The predicted octanol–water partition coefficient (Wildman–Crippen LogP) is 3.51.